The van der Waals surface area contributed by atoms with E-state index in [1.54, 1.807) is 24.5 Å². The molecule has 0 saturated heterocycles. The first-order valence-electron chi connectivity index (χ1n) is 4.12. The summed E-state index contributed by atoms with van der Waals surface area (Å²) >= 11 is 0. The van der Waals surface area contributed by atoms with Crippen LogP contribution in [0.4, 0.5) is 0 Å². The lowest BCUT2D eigenvalue weighted by Gasteiger charge is -2.00. The molecule has 0 aliphatic heterocycles. The van der Waals surface area contributed by atoms with Crippen LogP contribution < -0.4 is 4.74 Å². The van der Waals surface area contributed by atoms with Gasteiger partial charge in [0.15, 0.2) is 11.3 Å². The van der Waals surface area contributed by atoms with Gasteiger partial charge in [-0.3, -0.25) is 0 Å². The lowest BCUT2D eigenvalue weighted by atomic mass is 10.2. The topological polar surface area (TPSA) is 39.4 Å². The predicted molar refractivity (Wildman–Crippen MR) is 52.0 cm³/mol. The largest absolute Gasteiger partial charge is 0.460 e. The second-order valence-corrected chi connectivity index (χ2v) is 2.72. The lowest BCUT2D eigenvalue weighted by molar-refractivity contribution is -0.128. The Morgan fingerprint density at radius 1 is 1.43 bits per heavy atom. The Morgan fingerprint density at radius 2 is 2.29 bits per heavy atom. The molecule has 0 bridgehead atoms. The minimum absolute atomic E-state index is 0.414. The van der Waals surface area contributed by atoms with Gasteiger partial charge in [-0.15, -0.1) is 0 Å². The van der Waals surface area contributed by atoms with Gasteiger partial charge in [-0.2, -0.15) is 0 Å². The van der Waals surface area contributed by atoms with Crippen molar-refractivity contribution in [2.45, 2.75) is 0 Å². The zero-order chi connectivity index (χ0) is 9.97. The monoisotopic (exact) mass is 188 g/mol. The molecule has 0 spiro atoms. The molecule has 14 heavy (non-hydrogen) atoms. The quantitative estimate of drug-likeness (QED) is 0.413. The number of furan rings is 1. The van der Waals surface area contributed by atoms with Crippen LogP contribution in [0.25, 0.3) is 11.0 Å². The molecule has 2 aromatic rings. The van der Waals surface area contributed by atoms with E-state index in [1.807, 2.05) is 6.07 Å². The Labute approximate surface area is 80.6 Å². The summed E-state index contributed by atoms with van der Waals surface area (Å²) in [6.45, 7) is 3.32. The smallest absolute Gasteiger partial charge is 0.335 e. The molecular weight excluding hydrogens is 180 g/mol. The maximum atomic E-state index is 11.0. The van der Waals surface area contributed by atoms with E-state index in [1.165, 1.54) is 0 Å². The summed E-state index contributed by atoms with van der Waals surface area (Å²) in [5.74, 6) is -0.0775. The minimum Gasteiger partial charge on any atom is -0.460 e. The molecule has 0 radical (unpaired) electrons. The fourth-order valence-corrected chi connectivity index (χ4v) is 1.20. The first-order valence-corrected chi connectivity index (χ1v) is 4.12. The third-order valence-corrected chi connectivity index (χ3v) is 1.82. The van der Waals surface area contributed by atoms with Crippen molar-refractivity contribution in [1.82, 2.24) is 0 Å². The van der Waals surface area contributed by atoms with Crippen LogP contribution in [0.15, 0.2) is 47.6 Å². The average Bonchev–Trinajstić information content (AvgIpc) is 2.66. The van der Waals surface area contributed by atoms with Crippen molar-refractivity contribution in [3.05, 3.63) is 43.2 Å². The molecule has 1 aromatic heterocycles. The SMILES string of the molecule is C=CC(=O)Oc1cccc2ccoc12. The molecule has 0 unspecified atom stereocenters. The van der Waals surface area contributed by atoms with Crippen molar-refractivity contribution in [3.8, 4) is 5.75 Å². The maximum absolute atomic E-state index is 11.0. The van der Waals surface area contributed by atoms with Crippen LogP contribution in [0.5, 0.6) is 5.75 Å². The third kappa shape index (κ3) is 1.40. The molecule has 70 valence electrons. The second-order valence-electron chi connectivity index (χ2n) is 2.72. The molecule has 0 saturated carbocycles. The van der Waals surface area contributed by atoms with Crippen molar-refractivity contribution in [2.24, 2.45) is 0 Å². The first kappa shape index (κ1) is 8.56. The van der Waals surface area contributed by atoms with Gasteiger partial charge in [-0.05, 0) is 12.1 Å². The number of hydrogen-bond acceptors (Lipinski definition) is 3. The molecule has 0 aliphatic rings. The molecule has 0 N–H and O–H groups in total. The van der Waals surface area contributed by atoms with Crippen LogP contribution in [-0.2, 0) is 4.79 Å². The van der Waals surface area contributed by atoms with Crippen molar-refractivity contribution in [1.29, 1.82) is 0 Å². The predicted octanol–water partition coefficient (Wildman–Crippen LogP) is 2.52. The fourth-order valence-electron chi connectivity index (χ4n) is 1.20. The van der Waals surface area contributed by atoms with E-state index in [-0.39, 0.29) is 0 Å². The van der Waals surface area contributed by atoms with E-state index in [0.717, 1.165) is 11.5 Å². The highest BCUT2D eigenvalue weighted by Crippen LogP contribution is 2.26. The molecule has 0 amide bonds. The molecule has 0 fully saturated rings. The van der Waals surface area contributed by atoms with E-state index in [0.29, 0.717) is 11.3 Å². The van der Waals surface area contributed by atoms with Crippen LogP contribution in [0.1, 0.15) is 0 Å². The number of benzene rings is 1. The number of ether oxygens (including phenoxy) is 1. The van der Waals surface area contributed by atoms with Gasteiger partial charge < -0.3 is 9.15 Å². The number of esters is 1. The van der Waals surface area contributed by atoms with E-state index in [4.69, 9.17) is 9.15 Å². The van der Waals surface area contributed by atoms with Crippen LogP contribution in [0, 0.1) is 0 Å². The molecule has 2 rings (SSSR count). The van der Waals surface area contributed by atoms with Crippen LogP contribution in [-0.4, -0.2) is 5.97 Å². The fraction of sp³-hybridized carbons (Fsp3) is 0. The van der Waals surface area contributed by atoms with E-state index >= 15 is 0 Å². The van der Waals surface area contributed by atoms with Gasteiger partial charge in [0.25, 0.3) is 0 Å². The number of hydrogen-bond donors (Lipinski definition) is 0. The van der Waals surface area contributed by atoms with Gasteiger partial charge in [0, 0.05) is 11.5 Å². The minimum atomic E-state index is -0.492. The van der Waals surface area contributed by atoms with Gasteiger partial charge in [0.05, 0.1) is 6.26 Å². The van der Waals surface area contributed by atoms with Gasteiger partial charge in [0.1, 0.15) is 0 Å². The molecule has 3 nitrogen and oxygen atoms in total. The number of carbonyl (C=O) groups excluding carboxylic acids is 1. The van der Waals surface area contributed by atoms with Crippen molar-refractivity contribution in [2.75, 3.05) is 0 Å². The molecule has 0 atom stereocenters. The highest BCUT2D eigenvalue weighted by molar-refractivity contribution is 5.89. The molecule has 0 aliphatic carbocycles. The summed E-state index contributed by atoms with van der Waals surface area (Å²) < 4.78 is 10.2. The molecular formula is C11H8O3. The van der Waals surface area contributed by atoms with Crippen LogP contribution in [0.3, 0.4) is 0 Å². The third-order valence-electron chi connectivity index (χ3n) is 1.82. The summed E-state index contributed by atoms with van der Waals surface area (Å²) in [4.78, 5) is 11.0. The summed E-state index contributed by atoms with van der Waals surface area (Å²) in [5.41, 5.74) is 0.572. The number of rotatable bonds is 2. The Bertz CT molecular complexity index is 482. The maximum Gasteiger partial charge on any atom is 0.335 e. The number of fused-ring (bicyclic) bond motifs is 1. The summed E-state index contributed by atoms with van der Waals surface area (Å²) in [5, 5.41) is 0.902. The molecule has 1 heterocycles. The normalized spacial score (nSPS) is 10.0. The van der Waals surface area contributed by atoms with Crippen LogP contribution in [0.2, 0.25) is 0 Å². The zero-order valence-electron chi connectivity index (χ0n) is 7.40. The van der Waals surface area contributed by atoms with E-state index < -0.39 is 5.97 Å². The van der Waals surface area contributed by atoms with Gasteiger partial charge >= 0.3 is 5.97 Å². The van der Waals surface area contributed by atoms with Crippen molar-refractivity contribution >= 4 is 16.9 Å². The summed E-state index contributed by atoms with van der Waals surface area (Å²) in [7, 11) is 0. The average molecular weight is 188 g/mol. The van der Waals surface area contributed by atoms with Gasteiger partial charge in [-0.1, -0.05) is 18.7 Å². The summed E-state index contributed by atoms with van der Waals surface area (Å²) in [6.07, 6.45) is 2.66. The Balaban J connectivity index is 2.46. The summed E-state index contributed by atoms with van der Waals surface area (Å²) in [6, 6.07) is 7.15. The van der Waals surface area contributed by atoms with Crippen LogP contribution >= 0.6 is 0 Å². The Hall–Kier alpha value is -2.03. The first-order chi connectivity index (χ1) is 6.81. The van der Waals surface area contributed by atoms with Crippen molar-refractivity contribution < 1.29 is 13.9 Å². The molecule has 3 heteroatoms. The Kier molecular flexibility index (Phi) is 2.07. The van der Waals surface area contributed by atoms with E-state index in [2.05, 4.69) is 6.58 Å². The number of carbonyl (C=O) groups is 1. The van der Waals surface area contributed by atoms with E-state index in [9.17, 15) is 4.79 Å². The second kappa shape index (κ2) is 3.38. The standard InChI is InChI=1S/C11H8O3/c1-2-10(12)14-9-5-3-4-8-6-7-13-11(8)9/h2-7H,1H2. The number of para-hydroxylation sites is 1. The van der Waals surface area contributed by atoms with Gasteiger partial charge in [0.2, 0.25) is 0 Å². The molecule has 1 aromatic carbocycles. The van der Waals surface area contributed by atoms with Gasteiger partial charge in [-0.25, -0.2) is 4.79 Å². The Morgan fingerprint density at radius 3 is 3.07 bits per heavy atom. The highest BCUT2D eigenvalue weighted by Gasteiger charge is 2.07. The zero-order valence-corrected chi connectivity index (χ0v) is 7.40. The lowest BCUT2D eigenvalue weighted by Crippen LogP contribution is -2.02. The highest BCUT2D eigenvalue weighted by atomic mass is 16.5. The van der Waals surface area contributed by atoms with Crippen molar-refractivity contribution in [3.63, 3.8) is 0 Å².